The number of benzene rings is 5. The van der Waals surface area contributed by atoms with Gasteiger partial charge in [0.25, 0.3) is 0 Å². The molecule has 2 heteroatoms. The summed E-state index contributed by atoms with van der Waals surface area (Å²) in [6, 6.07) is 31.9. The van der Waals surface area contributed by atoms with E-state index >= 15 is 0 Å². The average molecular weight is 332 g/mol. The molecule has 5 aromatic rings. The van der Waals surface area contributed by atoms with Gasteiger partial charge in [-0.15, -0.1) is 0 Å². The van der Waals surface area contributed by atoms with Crippen LogP contribution in [0.15, 0.2) is 91.0 Å². The van der Waals surface area contributed by atoms with Gasteiger partial charge in [-0.25, -0.2) is 0 Å². The molecule has 0 heterocycles. The van der Waals surface area contributed by atoms with Crippen LogP contribution in [0.2, 0.25) is 0 Å². The minimum atomic E-state index is 0.0407. The minimum Gasteiger partial charge on any atom is -0.449 e. The number of fused-ring (bicyclic) bond motifs is 3. The molecule has 0 bridgehead atoms. The molecular weight excluding hydrogens is 315 g/mol. The van der Waals surface area contributed by atoms with Gasteiger partial charge in [0.15, 0.2) is 0 Å². The molecule has 0 fully saturated rings. The van der Waals surface area contributed by atoms with Gasteiger partial charge in [-0.2, -0.15) is 0 Å². The maximum Gasteiger partial charge on any atom is 0.306 e. The monoisotopic (exact) mass is 332 g/mol. The Bertz CT molecular complexity index is 1220. The second-order valence-electron chi connectivity index (χ2n) is 6.66. The molecule has 0 aromatic heterocycles. The fourth-order valence-corrected chi connectivity index (χ4v) is 4.04. The van der Waals surface area contributed by atoms with E-state index in [-0.39, 0.29) is 7.48 Å². The highest BCUT2D eigenvalue weighted by atomic mass is 16.2. The van der Waals surface area contributed by atoms with Gasteiger partial charge in [-0.05, 0) is 55.0 Å². The lowest BCUT2D eigenvalue weighted by Gasteiger charge is -2.16. The van der Waals surface area contributed by atoms with Crippen LogP contribution >= 0.6 is 0 Å². The summed E-state index contributed by atoms with van der Waals surface area (Å²) in [5, 5.41) is 17.1. The maximum atomic E-state index is 10.0. The summed E-state index contributed by atoms with van der Waals surface area (Å²) in [6.07, 6.45) is 0. The molecule has 0 aliphatic rings. The number of rotatable bonds is 2. The van der Waals surface area contributed by atoms with Crippen molar-refractivity contribution in [1.82, 2.24) is 0 Å². The highest BCUT2D eigenvalue weighted by Gasteiger charge is 2.15. The van der Waals surface area contributed by atoms with Crippen molar-refractivity contribution in [2.75, 3.05) is 0 Å². The Balaban J connectivity index is 1.96. The van der Waals surface area contributed by atoms with E-state index in [2.05, 4.69) is 78.9 Å². The molecule has 0 unspecified atom stereocenters. The van der Waals surface area contributed by atoms with Crippen molar-refractivity contribution in [2.24, 2.45) is 0 Å². The van der Waals surface area contributed by atoms with Crippen LogP contribution in [-0.2, 0) is 0 Å². The maximum absolute atomic E-state index is 10.0. The first-order chi connectivity index (χ1) is 12.9. The van der Waals surface area contributed by atoms with E-state index in [1.807, 2.05) is 12.1 Å². The van der Waals surface area contributed by atoms with Gasteiger partial charge in [0.1, 0.15) is 0 Å². The summed E-state index contributed by atoms with van der Waals surface area (Å²) in [6.45, 7) is 0. The first-order valence-electron chi connectivity index (χ1n) is 8.89. The first kappa shape index (κ1) is 15.2. The van der Waals surface area contributed by atoms with Crippen LogP contribution in [0.25, 0.3) is 43.4 Å². The smallest absolute Gasteiger partial charge is 0.306 e. The molecule has 0 radical (unpaired) electrons. The molecular formula is C24H17BO. The lowest BCUT2D eigenvalue weighted by atomic mass is 9.77. The quantitative estimate of drug-likeness (QED) is 0.364. The Morgan fingerprint density at radius 1 is 0.538 bits per heavy atom. The Morgan fingerprint density at radius 2 is 1.08 bits per heavy atom. The molecule has 1 nitrogen and oxygen atoms in total. The zero-order valence-corrected chi connectivity index (χ0v) is 14.3. The third-order valence-electron chi connectivity index (χ3n) is 5.24. The Kier molecular flexibility index (Phi) is 3.51. The van der Waals surface area contributed by atoms with Crippen molar-refractivity contribution in [3.63, 3.8) is 0 Å². The predicted octanol–water partition coefficient (Wildman–Crippen LogP) is 4.78. The van der Waals surface area contributed by atoms with Gasteiger partial charge in [0.2, 0.25) is 0 Å². The average Bonchev–Trinajstić information content (AvgIpc) is 2.71. The van der Waals surface area contributed by atoms with E-state index in [1.54, 1.807) is 0 Å². The van der Waals surface area contributed by atoms with Gasteiger partial charge < -0.3 is 5.02 Å². The predicted molar refractivity (Wildman–Crippen MR) is 113 cm³/mol. The fourth-order valence-electron chi connectivity index (χ4n) is 4.04. The van der Waals surface area contributed by atoms with Crippen LogP contribution in [0.1, 0.15) is 0 Å². The number of hydrogen-bond donors (Lipinski definition) is 1. The molecule has 5 rings (SSSR count). The molecule has 0 aliphatic carbocycles. The normalized spacial score (nSPS) is 11.3. The Hall–Kier alpha value is -3.10. The van der Waals surface area contributed by atoms with Gasteiger partial charge >= 0.3 is 7.48 Å². The van der Waals surface area contributed by atoms with Crippen molar-refractivity contribution in [2.45, 2.75) is 0 Å². The highest BCUT2D eigenvalue weighted by Crippen LogP contribution is 2.36. The second-order valence-corrected chi connectivity index (χ2v) is 6.66. The van der Waals surface area contributed by atoms with Gasteiger partial charge in [0.05, 0.1) is 0 Å². The summed E-state index contributed by atoms with van der Waals surface area (Å²) in [4.78, 5) is 0. The van der Waals surface area contributed by atoms with E-state index in [0.29, 0.717) is 0 Å². The van der Waals surface area contributed by atoms with Crippen molar-refractivity contribution in [3.05, 3.63) is 91.0 Å². The summed E-state index contributed by atoms with van der Waals surface area (Å²) in [5.41, 5.74) is 3.44. The molecule has 0 saturated carbocycles. The lowest BCUT2D eigenvalue weighted by molar-refractivity contribution is 0.616. The van der Waals surface area contributed by atoms with Gasteiger partial charge in [-0.3, -0.25) is 0 Å². The zero-order valence-electron chi connectivity index (χ0n) is 14.3. The largest absolute Gasteiger partial charge is 0.449 e. The van der Waals surface area contributed by atoms with Crippen molar-refractivity contribution >= 4 is 45.3 Å². The molecule has 0 aliphatic heterocycles. The van der Waals surface area contributed by atoms with E-state index in [0.717, 1.165) is 16.2 Å². The van der Waals surface area contributed by atoms with Crippen molar-refractivity contribution in [1.29, 1.82) is 0 Å². The third-order valence-corrected chi connectivity index (χ3v) is 5.24. The zero-order chi connectivity index (χ0) is 17.5. The van der Waals surface area contributed by atoms with E-state index in [1.165, 1.54) is 32.7 Å². The van der Waals surface area contributed by atoms with Crippen LogP contribution in [0.4, 0.5) is 0 Å². The van der Waals surface area contributed by atoms with Crippen LogP contribution < -0.4 is 5.46 Å². The molecule has 122 valence electrons. The van der Waals surface area contributed by atoms with Crippen LogP contribution in [0.5, 0.6) is 0 Å². The fraction of sp³-hybridized carbons (Fsp3) is 0. The van der Waals surface area contributed by atoms with Crippen LogP contribution in [0, 0.1) is 0 Å². The van der Waals surface area contributed by atoms with E-state index in [4.69, 9.17) is 0 Å². The lowest BCUT2D eigenvalue weighted by Crippen LogP contribution is -2.16. The molecule has 26 heavy (non-hydrogen) atoms. The molecule has 0 saturated heterocycles. The third kappa shape index (κ3) is 2.23. The number of hydrogen-bond acceptors (Lipinski definition) is 1. The molecule has 0 spiro atoms. The van der Waals surface area contributed by atoms with Crippen molar-refractivity contribution < 1.29 is 5.02 Å². The highest BCUT2D eigenvalue weighted by molar-refractivity contribution is 6.55. The first-order valence-corrected chi connectivity index (χ1v) is 8.89. The van der Waals surface area contributed by atoms with E-state index in [9.17, 15) is 5.02 Å². The molecule has 1 N–H and O–H groups in total. The summed E-state index contributed by atoms with van der Waals surface area (Å²) in [7, 11) is 0.0407. The SMILES string of the molecule is OBc1c2ccccc2c(-c2ccc3ccccc3c2)c2ccccc12. The molecule has 5 aromatic carbocycles. The van der Waals surface area contributed by atoms with Crippen molar-refractivity contribution in [3.8, 4) is 11.1 Å². The van der Waals surface area contributed by atoms with Crippen LogP contribution in [0.3, 0.4) is 0 Å². The van der Waals surface area contributed by atoms with Crippen LogP contribution in [-0.4, -0.2) is 12.5 Å². The summed E-state index contributed by atoms with van der Waals surface area (Å²) in [5.74, 6) is 0. The minimum absolute atomic E-state index is 0.0407. The Labute approximate surface area is 152 Å². The second kappa shape index (κ2) is 6.01. The summed E-state index contributed by atoms with van der Waals surface area (Å²) >= 11 is 0. The van der Waals surface area contributed by atoms with E-state index < -0.39 is 0 Å². The standard InChI is InChI=1S/C24H17BO/c26-25-24-21-11-5-3-9-19(21)23(20-10-4-6-12-22(20)24)18-14-13-16-7-1-2-8-17(16)15-18/h1-15,25-26H. The van der Waals surface area contributed by atoms with Gasteiger partial charge in [0, 0.05) is 0 Å². The molecule has 0 atom stereocenters. The summed E-state index contributed by atoms with van der Waals surface area (Å²) < 4.78 is 0. The topological polar surface area (TPSA) is 20.2 Å². The Morgan fingerprint density at radius 3 is 1.69 bits per heavy atom. The van der Waals surface area contributed by atoms with Gasteiger partial charge in [-0.1, -0.05) is 84.9 Å². The molecule has 0 amide bonds.